The van der Waals surface area contributed by atoms with Crippen LogP contribution in [0.1, 0.15) is 18.0 Å². The SMILES string of the molecule is Cl.NCC[C@H](N)c1c(O)cc(F)c(F)c1F. The van der Waals surface area contributed by atoms with Crippen molar-refractivity contribution in [3.05, 3.63) is 29.1 Å². The van der Waals surface area contributed by atoms with Gasteiger partial charge in [-0.05, 0) is 13.0 Å². The summed E-state index contributed by atoms with van der Waals surface area (Å²) < 4.78 is 38.7. The van der Waals surface area contributed by atoms with Crippen molar-refractivity contribution in [3.8, 4) is 5.75 Å². The predicted molar refractivity (Wildman–Crippen MR) is 55.8 cm³/mol. The van der Waals surface area contributed by atoms with E-state index in [-0.39, 0.29) is 25.4 Å². The Morgan fingerprint density at radius 2 is 1.81 bits per heavy atom. The van der Waals surface area contributed by atoms with Crippen LogP contribution >= 0.6 is 12.4 Å². The second-order valence-corrected chi connectivity index (χ2v) is 3.10. The molecule has 0 saturated heterocycles. The number of hydrogen-bond donors (Lipinski definition) is 3. The van der Waals surface area contributed by atoms with Crippen molar-refractivity contribution in [1.29, 1.82) is 0 Å². The van der Waals surface area contributed by atoms with Crippen LogP contribution in [0.4, 0.5) is 13.2 Å². The normalized spacial score (nSPS) is 12.1. The number of hydrogen-bond acceptors (Lipinski definition) is 3. The zero-order valence-electron chi connectivity index (χ0n) is 8.21. The van der Waals surface area contributed by atoms with Crippen LogP contribution in [-0.2, 0) is 0 Å². The Balaban J connectivity index is 0.00000225. The first kappa shape index (κ1) is 15.0. The summed E-state index contributed by atoms with van der Waals surface area (Å²) in [5.41, 5.74) is 10.2. The van der Waals surface area contributed by atoms with E-state index in [1.54, 1.807) is 0 Å². The molecule has 0 aliphatic heterocycles. The van der Waals surface area contributed by atoms with Crippen LogP contribution in [0, 0.1) is 17.5 Å². The minimum absolute atomic E-state index is 0. The van der Waals surface area contributed by atoms with Gasteiger partial charge in [0.15, 0.2) is 17.5 Å². The molecule has 1 rings (SSSR count). The maximum absolute atomic E-state index is 13.2. The fourth-order valence-corrected chi connectivity index (χ4v) is 1.27. The minimum atomic E-state index is -1.64. The van der Waals surface area contributed by atoms with Gasteiger partial charge in [-0.15, -0.1) is 12.4 Å². The second kappa shape index (κ2) is 5.93. The molecule has 0 spiro atoms. The minimum Gasteiger partial charge on any atom is -0.507 e. The fourth-order valence-electron chi connectivity index (χ4n) is 1.27. The molecule has 0 aromatic heterocycles. The lowest BCUT2D eigenvalue weighted by atomic mass is 10.0. The monoisotopic (exact) mass is 256 g/mol. The summed E-state index contributed by atoms with van der Waals surface area (Å²) in [5.74, 6) is -5.26. The number of benzene rings is 1. The fraction of sp³-hybridized carbons (Fsp3) is 0.333. The van der Waals surface area contributed by atoms with Gasteiger partial charge >= 0.3 is 0 Å². The van der Waals surface area contributed by atoms with Crippen LogP contribution < -0.4 is 11.5 Å². The maximum Gasteiger partial charge on any atom is 0.195 e. The molecule has 0 fully saturated rings. The summed E-state index contributed by atoms with van der Waals surface area (Å²) in [5, 5.41) is 9.23. The van der Waals surface area contributed by atoms with Crippen molar-refractivity contribution in [2.24, 2.45) is 11.5 Å². The number of nitrogens with two attached hydrogens (primary N) is 2. The van der Waals surface area contributed by atoms with Crippen molar-refractivity contribution in [3.63, 3.8) is 0 Å². The lowest BCUT2D eigenvalue weighted by molar-refractivity contribution is 0.398. The Kier molecular flexibility index (Phi) is 5.57. The Morgan fingerprint density at radius 3 is 2.31 bits per heavy atom. The highest BCUT2D eigenvalue weighted by Gasteiger charge is 2.22. The highest BCUT2D eigenvalue weighted by Crippen LogP contribution is 2.30. The van der Waals surface area contributed by atoms with Gasteiger partial charge in [0, 0.05) is 17.7 Å². The number of aromatic hydroxyl groups is 1. The third-order valence-electron chi connectivity index (χ3n) is 2.03. The van der Waals surface area contributed by atoms with Crippen molar-refractivity contribution < 1.29 is 18.3 Å². The predicted octanol–water partition coefficient (Wildman–Crippen LogP) is 1.58. The first-order valence-corrected chi connectivity index (χ1v) is 4.31. The molecule has 7 heteroatoms. The third kappa shape index (κ3) is 2.78. The van der Waals surface area contributed by atoms with E-state index in [0.29, 0.717) is 6.07 Å². The quantitative estimate of drug-likeness (QED) is 0.719. The first-order chi connectivity index (χ1) is 6.99. The largest absolute Gasteiger partial charge is 0.507 e. The summed E-state index contributed by atoms with van der Waals surface area (Å²) in [4.78, 5) is 0. The molecular formula is C9H12ClF3N2O. The topological polar surface area (TPSA) is 72.3 Å². The number of phenolic OH excluding ortho intramolecular Hbond substituents is 1. The van der Waals surface area contributed by atoms with E-state index in [9.17, 15) is 18.3 Å². The van der Waals surface area contributed by atoms with Gasteiger partial charge in [-0.1, -0.05) is 0 Å². The smallest absolute Gasteiger partial charge is 0.195 e. The molecule has 5 N–H and O–H groups in total. The molecule has 16 heavy (non-hydrogen) atoms. The van der Waals surface area contributed by atoms with E-state index in [1.165, 1.54) is 0 Å². The Morgan fingerprint density at radius 1 is 1.25 bits per heavy atom. The number of rotatable bonds is 3. The van der Waals surface area contributed by atoms with Gasteiger partial charge in [0.05, 0.1) is 0 Å². The molecule has 1 aromatic carbocycles. The molecule has 0 saturated carbocycles. The van der Waals surface area contributed by atoms with Crippen LogP contribution in [0.25, 0.3) is 0 Å². The van der Waals surface area contributed by atoms with E-state index in [0.717, 1.165) is 0 Å². The molecule has 0 aliphatic rings. The van der Waals surface area contributed by atoms with Crippen molar-refractivity contribution >= 4 is 12.4 Å². The van der Waals surface area contributed by atoms with Gasteiger partial charge in [0.25, 0.3) is 0 Å². The van der Waals surface area contributed by atoms with E-state index in [1.807, 2.05) is 0 Å². The first-order valence-electron chi connectivity index (χ1n) is 4.31. The molecule has 1 aromatic rings. The Hall–Kier alpha value is -0.980. The van der Waals surface area contributed by atoms with Gasteiger partial charge in [-0.2, -0.15) is 0 Å². The zero-order chi connectivity index (χ0) is 11.6. The molecule has 92 valence electrons. The average Bonchev–Trinajstić information content (AvgIpc) is 2.15. The van der Waals surface area contributed by atoms with Gasteiger partial charge in [0.1, 0.15) is 5.75 Å². The van der Waals surface area contributed by atoms with E-state index >= 15 is 0 Å². The van der Waals surface area contributed by atoms with E-state index in [4.69, 9.17) is 11.5 Å². The average molecular weight is 257 g/mol. The summed E-state index contributed by atoms with van der Waals surface area (Å²) >= 11 is 0. The van der Waals surface area contributed by atoms with Gasteiger partial charge in [-0.25, -0.2) is 13.2 Å². The summed E-state index contributed by atoms with van der Waals surface area (Å²) in [6.07, 6.45) is 0.162. The molecular weight excluding hydrogens is 245 g/mol. The molecule has 0 aliphatic carbocycles. The molecule has 0 radical (unpaired) electrons. The molecule has 3 nitrogen and oxygen atoms in total. The van der Waals surface area contributed by atoms with Crippen LogP contribution in [0.2, 0.25) is 0 Å². The second-order valence-electron chi connectivity index (χ2n) is 3.10. The maximum atomic E-state index is 13.2. The summed E-state index contributed by atoms with van der Waals surface area (Å²) in [6, 6.07) is -0.463. The van der Waals surface area contributed by atoms with Crippen LogP contribution in [0.15, 0.2) is 6.07 Å². The van der Waals surface area contributed by atoms with Gasteiger partial charge in [0.2, 0.25) is 0 Å². The lowest BCUT2D eigenvalue weighted by Crippen LogP contribution is -2.17. The van der Waals surface area contributed by atoms with Gasteiger partial charge in [-0.3, -0.25) is 0 Å². The van der Waals surface area contributed by atoms with Gasteiger partial charge < -0.3 is 16.6 Å². The van der Waals surface area contributed by atoms with Crippen LogP contribution in [0.5, 0.6) is 5.75 Å². The third-order valence-corrected chi connectivity index (χ3v) is 2.03. The molecule has 0 unspecified atom stereocenters. The van der Waals surface area contributed by atoms with E-state index in [2.05, 4.69) is 0 Å². The van der Waals surface area contributed by atoms with Crippen LogP contribution in [0.3, 0.4) is 0 Å². The zero-order valence-corrected chi connectivity index (χ0v) is 9.03. The summed E-state index contributed by atoms with van der Waals surface area (Å²) in [7, 11) is 0. The lowest BCUT2D eigenvalue weighted by Gasteiger charge is -2.14. The number of halogens is 4. The van der Waals surface area contributed by atoms with Crippen LogP contribution in [-0.4, -0.2) is 11.7 Å². The van der Waals surface area contributed by atoms with Crippen molar-refractivity contribution in [2.45, 2.75) is 12.5 Å². The van der Waals surface area contributed by atoms with Crippen molar-refractivity contribution in [1.82, 2.24) is 0 Å². The Bertz CT molecular complexity index is 376. The molecule has 1 atom stereocenters. The van der Waals surface area contributed by atoms with Crippen molar-refractivity contribution in [2.75, 3.05) is 6.54 Å². The molecule has 0 amide bonds. The summed E-state index contributed by atoms with van der Waals surface area (Å²) in [6.45, 7) is 0.152. The molecule has 0 bridgehead atoms. The van der Waals surface area contributed by atoms with E-state index < -0.39 is 34.8 Å². The molecule has 0 heterocycles. The Labute approximate surface area is 96.6 Å². The number of phenols is 1. The standard InChI is InChI=1S/C9H11F3N2O.ClH/c10-4-3-6(15)7(5(14)1-2-13)9(12)8(4)11;/h3,5,15H,1-2,13-14H2;1H/t5-;/m0./s1. The highest BCUT2D eigenvalue weighted by molar-refractivity contribution is 5.85. The highest BCUT2D eigenvalue weighted by atomic mass is 35.5.